The van der Waals surface area contributed by atoms with Crippen LogP contribution in [0.25, 0.3) is 0 Å². The van der Waals surface area contributed by atoms with E-state index >= 15 is 0 Å². The Bertz CT molecular complexity index is 1610. The minimum absolute atomic E-state index is 0.0383. The second-order valence-corrected chi connectivity index (χ2v) is 19.7. The average Bonchev–Trinajstić information content (AvgIpc) is 3.41. The fourth-order valence-electron chi connectivity index (χ4n) is 8.50. The minimum Gasteiger partial charge on any atom is -0.457 e. The molecule has 0 aromatic heterocycles. The second-order valence-electron chi connectivity index (χ2n) is 19.7. The highest BCUT2D eigenvalue weighted by Crippen LogP contribution is 2.26. The first-order valence-corrected chi connectivity index (χ1v) is 28.8. The molecule has 0 bridgehead atoms. The van der Waals surface area contributed by atoms with Crippen LogP contribution in [0.2, 0.25) is 0 Å². The highest BCUT2D eigenvalue weighted by atomic mass is 16.7. The molecule has 2 aliphatic rings. The van der Waals surface area contributed by atoms with Crippen LogP contribution in [0, 0.1) is 0 Å². The van der Waals surface area contributed by atoms with Gasteiger partial charge in [-0.25, -0.2) is 0 Å². The highest BCUT2D eigenvalue weighted by Gasteiger charge is 2.47. The van der Waals surface area contributed by atoms with Gasteiger partial charge in [0.15, 0.2) is 12.6 Å². The fraction of sp³-hybridized carbons (Fsp3) is 0.721. The van der Waals surface area contributed by atoms with Crippen molar-refractivity contribution in [3.8, 4) is 0 Å². The lowest BCUT2D eigenvalue weighted by molar-refractivity contribution is -0.332. The zero-order valence-corrected chi connectivity index (χ0v) is 46.0. The predicted molar refractivity (Wildman–Crippen MR) is 298 cm³/mol. The number of esters is 1. The minimum atomic E-state index is -1.72. The largest absolute Gasteiger partial charge is 0.457 e. The molecule has 14 nitrogen and oxygen atoms in total. The number of ether oxygens (including phenoxy) is 6. The molecule has 0 aromatic carbocycles. The van der Waals surface area contributed by atoms with Gasteiger partial charge in [-0.2, -0.15) is 0 Å². The quantitative estimate of drug-likeness (QED) is 0.0172. The van der Waals surface area contributed by atoms with Crippen molar-refractivity contribution in [1.82, 2.24) is 0 Å². The van der Waals surface area contributed by atoms with Gasteiger partial charge >= 0.3 is 5.97 Å². The van der Waals surface area contributed by atoms with Gasteiger partial charge in [0.2, 0.25) is 0 Å². The monoisotopic (exact) mass is 1060 g/mol. The Kier molecular flexibility index (Phi) is 42.6. The molecule has 2 fully saturated rings. The van der Waals surface area contributed by atoms with Crippen LogP contribution in [0.4, 0.5) is 0 Å². The van der Waals surface area contributed by atoms with Crippen LogP contribution in [-0.4, -0.2) is 142 Å². The number of aliphatic hydroxyl groups excluding tert-OH is 7. The Morgan fingerprint density at radius 2 is 0.827 bits per heavy atom. The number of aliphatic hydroxyl groups is 7. The number of hydrogen-bond donors (Lipinski definition) is 7. The number of allylic oxidation sites excluding steroid dienone is 16. The molecule has 0 saturated carbocycles. The first kappa shape index (κ1) is 68.0. The normalized spacial score (nSPS) is 25.3. The molecule has 0 aromatic rings. The van der Waals surface area contributed by atoms with E-state index in [0.717, 1.165) is 83.5 Å². The molecule has 0 spiro atoms. The maximum atomic E-state index is 13.0. The van der Waals surface area contributed by atoms with Crippen molar-refractivity contribution in [2.75, 3.05) is 33.0 Å². The van der Waals surface area contributed by atoms with Crippen LogP contribution < -0.4 is 0 Å². The zero-order chi connectivity index (χ0) is 54.4. The number of unbranched alkanes of at least 4 members (excludes halogenated alkanes) is 15. The van der Waals surface area contributed by atoms with Crippen molar-refractivity contribution in [1.29, 1.82) is 0 Å². The molecule has 75 heavy (non-hydrogen) atoms. The Balaban J connectivity index is 1.70. The van der Waals surface area contributed by atoms with Gasteiger partial charge in [-0.05, 0) is 89.9 Å². The van der Waals surface area contributed by atoms with Gasteiger partial charge in [-0.1, -0.05) is 182 Å². The lowest BCUT2D eigenvalue weighted by Gasteiger charge is -2.42. The van der Waals surface area contributed by atoms with Crippen molar-refractivity contribution in [3.05, 3.63) is 97.2 Å². The summed E-state index contributed by atoms with van der Waals surface area (Å²) in [4.78, 5) is 13.0. The summed E-state index contributed by atoms with van der Waals surface area (Å²) in [6.45, 7) is 3.39. The summed E-state index contributed by atoms with van der Waals surface area (Å²) >= 11 is 0. The first-order chi connectivity index (χ1) is 36.6. The van der Waals surface area contributed by atoms with E-state index in [2.05, 4.69) is 111 Å². The van der Waals surface area contributed by atoms with Gasteiger partial charge in [0.1, 0.15) is 54.9 Å². The van der Waals surface area contributed by atoms with Crippen LogP contribution in [0.3, 0.4) is 0 Å². The van der Waals surface area contributed by atoms with Gasteiger partial charge in [-0.15, -0.1) is 0 Å². The molecular weight excluding hydrogens is 957 g/mol. The standard InChI is InChI=1S/C61H102O14/c1-3-5-7-9-11-13-15-17-19-20-21-22-23-24-25-26-27-28-29-31-33-35-37-39-41-43-45-70-47-50(73-53(63)44-42-40-38-36-34-32-30-18-16-14-12-10-8-6-4-2)48-71-60-59(69)57(67)55(65)52(75-60)49-72-61-58(68)56(66)54(64)51(46-62)74-61/h5-8,11-14,17-19,21-22,30,34,36,50-52,54-62,64-69H,3-4,9-10,15-16,20,23-29,31-33,35,37-49H2,1-2H3/b7-5-,8-6-,13-11-,14-12-,19-17-,22-21-,30-18-,36-34-. The van der Waals surface area contributed by atoms with E-state index in [1.165, 1.54) is 70.6 Å². The van der Waals surface area contributed by atoms with E-state index in [9.17, 15) is 40.5 Å². The van der Waals surface area contributed by atoms with Gasteiger partial charge in [-0.3, -0.25) is 4.79 Å². The Morgan fingerprint density at radius 1 is 0.440 bits per heavy atom. The maximum Gasteiger partial charge on any atom is 0.306 e. The third kappa shape index (κ3) is 33.7. The van der Waals surface area contributed by atoms with Crippen LogP contribution in [0.15, 0.2) is 97.2 Å². The molecule has 2 heterocycles. The molecular formula is C61H102O14. The summed E-state index contributed by atoms with van der Waals surface area (Å²) < 4.78 is 34.3. The number of hydrogen-bond acceptors (Lipinski definition) is 14. The highest BCUT2D eigenvalue weighted by molar-refractivity contribution is 5.69. The summed E-state index contributed by atoms with van der Waals surface area (Å²) in [6, 6.07) is 0. The van der Waals surface area contributed by atoms with Gasteiger partial charge in [0.05, 0.1) is 26.4 Å². The lowest BCUT2D eigenvalue weighted by atomic mass is 9.98. The van der Waals surface area contributed by atoms with Crippen molar-refractivity contribution < 1.29 is 69.0 Å². The predicted octanol–water partition coefficient (Wildman–Crippen LogP) is 10.2. The lowest BCUT2D eigenvalue weighted by Crippen LogP contribution is -2.61. The van der Waals surface area contributed by atoms with Crippen molar-refractivity contribution in [3.63, 3.8) is 0 Å². The van der Waals surface area contributed by atoms with Crippen LogP contribution in [0.1, 0.15) is 181 Å². The van der Waals surface area contributed by atoms with Crippen LogP contribution >= 0.6 is 0 Å². The van der Waals surface area contributed by atoms with Crippen LogP contribution in [0.5, 0.6) is 0 Å². The van der Waals surface area contributed by atoms with E-state index in [1.54, 1.807) is 0 Å². The summed E-state index contributed by atoms with van der Waals surface area (Å²) in [5.74, 6) is -0.419. The van der Waals surface area contributed by atoms with Crippen molar-refractivity contribution in [2.45, 2.75) is 248 Å². The molecule has 0 radical (unpaired) electrons. The van der Waals surface area contributed by atoms with E-state index in [4.69, 9.17) is 28.4 Å². The summed E-state index contributed by atoms with van der Waals surface area (Å²) in [5.41, 5.74) is 0. The Morgan fingerprint density at radius 3 is 1.29 bits per heavy atom. The van der Waals surface area contributed by atoms with Crippen molar-refractivity contribution in [2.24, 2.45) is 0 Å². The van der Waals surface area contributed by atoms with Gasteiger partial charge < -0.3 is 64.2 Å². The molecule has 14 heteroatoms. The molecule has 0 aliphatic carbocycles. The first-order valence-electron chi connectivity index (χ1n) is 28.8. The smallest absolute Gasteiger partial charge is 0.306 e. The van der Waals surface area contributed by atoms with Gasteiger partial charge in [0.25, 0.3) is 0 Å². The zero-order valence-electron chi connectivity index (χ0n) is 46.0. The topological polar surface area (TPSA) is 214 Å². The number of rotatable bonds is 45. The molecule has 2 rings (SSSR count). The van der Waals surface area contributed by atoms with E-state index < -0.39 is 86.7 Å². The Hall–Kier alpha value is -3.09. The van der Waals surface area contributed by atoms with E-state index in [-0.39, 0.29) is 19.6 Å². The molecule has 11 atom stereocenters. The molecule has 0 amide bonds. The van der Waals surface area contributed by atoms with E-state index in [0.29, 0.717) is 13.0 Å². The second kappa shape index (κ2) is 47.0. The molecule has 11 unspecified atom stereocenters. The maximum absolute atomic E-state index is 13.0. The number of carbonyl (C=O) groups is 1. The summed E-state index contributed by atoms with van der Waals surface area (Å²) in [5, 5.41) is 72.3. The summed E-state index contributed by atoms with van der Waals surface area (Å²) in [7, 11) is 0. The Labute approximate surface area is 452 Å². The molecule has 2 saturated heterocycles. The summed E-state index contributed by atoms with van der Waals surface area (Å²) in [6.07, 6.45) is 46.2. The van der Waals surface area contributed by atoms with E-state index in [1.807, 2.05) is 0 Å². The third-order valence-electron chi connectivity index (χ3n) is 13.1. The van der Waals surface area contributed by atoms with Crippen molar-refractivity contribution >= 4 is 5.97 Å². The van der Waals surface area contributed by atoms with Crippen LogP contribution in [-0.2, 0) is 33.2 Å². The molecule has 7 N–H and O–H groups in total. The fourth-order valence-corrected chi connectivity index (χ4v) is 8.50. The number of carbonyl (C=O) groups excluding carboxylic acids is 1. The SMILES string of the molecule is CC/C=C\C/C=C\C/C=C\C/C=C\CCCCCCCCCCCCCCCOCC(COC1OC(COC2OC(CO)C(O)C(O)C2O)C(O)C(O)C1O)OC(=O)CCCC/C=C\C/C=C\C/C=C\C/C=C\CC. The molecule has 430 valence electrons. The van der Waals surface area contributed by atoms with Gasteiger partial charge in [0, 0.05) is 13.0 Å². The molecule has 2 aliphatic heterocycles. The average molecular weight is 1060 g/mol. The third-order valence-corrected chi connectivity index (χ3v) is 13.1.